The number of rotatable bonds is 6. The highest BCUT2D eigenvalue weighted by atomic mass is 35.5. The number of hydrogen-bond acceptors (Lipinski definition) is 3. The molecule has 0 saturated carbocycles. The molecule has 0 aliphatic rings. The van der Waals surface area contributed by atoms with E-state index in [1.165, 1.54) is 0 Å². The Kier molecular flexibility index (Phi) is 5.30. The van der Waals surface area contributed by atoms with E-state index in [-0.39, 0.29) is 0 Å². The maximum atomic E-state index is 11.9. The summed E-state index contributed by atoms with van der Waals surface area (Å²) in [4.78, 5) is 11.9. The zero-order valence-electron chi connectivity index (χ0n) is 13.4. The summed E-state index contributed by atoms with van der Waals surface area (Å²) in [6.07, 6.45) is 1.82. The lowest BCUT2D eigenvalue weighted by Gasteiger charge is -2.19. The fourth-order valence-corrected chi connectivity index (χ4v) is 2.92. The van der Waals surface area contributed by atoms with Crippen molar-refractivity contribution < 1.29 is 14.3 Å². The van der Waals surface area contributed by atoms with Crippen molar-refractivity contribution in [3.8, 4) is 11.5 Å². The molecule has 2 aromatic rings. The molecule has 0 saturated heterocycles. The molecule has 0 heterocycles. The molecule has 0 radical (unpaired) electrons. The minimum absolute atomic E-state index is 0.309. The van der Waals surface area contributed by atoms with E-state index < -0.39 is 5.24 Å². The van der Waals surface area contributed by atoms with Crippen LogP contribution in [0.1, 0.15) is 36.2 Å². The first kappa shape index (κ1) is 16.6. The van der Waals surface area contributed by atoms with E-state index in [4.69, 9.17) is 21.1 Å². The molecule has 0 aromatic heterocycles. The van der Waals surface area contributed by atoms with Gasteiger partial charge in [0.25, 0.3) is 5.24 Å². The van der Waals surface area contributed by atoms with Crippen molar-refractivity contribution in [1.29, 1.82) is 0 Å². The second kappa shape index (κ2) is 7.01. The van der Waals surface area contributed by atoms with E-state index in [2.05, 4.69) is 13.8 Å². The van der Waals surface area contributed by atoms with Crippen LogP contribution in [0.4, 0.5) is 0 Å². The monoisotopic (exact) mass is 320 g/mol. The third kappa shape index (κ3) is 3.05. The van der Waals surface area contributed by atoms with Gasteiger partial charge in [-0.05, 0) is 35.7 Å². The van der Waals surface area contributed by atoms with Crippen molar-refractivity contribution in [3.63, 3.8) is 0 Å². The van der Waals surface area contributed by atoms with Crippen molar-refractivity contribution >= 4 is 27.6 Å². The van der Waals surface area contributed by atoms with Crippen LogP contribution in [0.2, 0.25) is 0 Å². The van der Waals surface area contributed by atoms with Gasteiger partial charge in [0.2, 0.25) is 0 Å². The summed E-state index contributed by atoms with van der Waals surface area (Å²) in [5, 5.41) is 1.36. The minimum atomic E-state index is -0.565. The molecular weight excluding hydrogens is 300 g/mol. The first-order valence-electron chi connectivity index (χ1n) is 7.36. The third-order valence-corrected chi connectivity index (χ3v) is 3.99. The number of fused-ring (bicyclic) bond motifs is 1. The number of aryl methyl sites for hydroxylation is 1. The van der Waals surface area contributed by atoms with Gasteiger partial charge in [-0.25, -0.2) is 0 Å². The molecule has 2 aromatic carbocycles. The summed E-state index contributed by atoms with van der Waals surface area (Å²) in [6.45, 7) is 4.34. The molecule has 0 spiro atoms. The molecule has 0 aliphatic heterocycles. The van der Waals surface area contributed by atoms with Crippen molar-refractivity contribution in [2.75, 3.05) is 14.2 Å². The molecule has 22 heavy (non-hydrogen) atoms. The SMILES string of the molecule is COc1c(C(=O)Cl)c(OC)c2ccccc2c1CCC(C)C. The third-order valence-electron chi connectivity index (χ3n) is 3.80. The van der Waals surface area contributed by atoms with Gasteiger partial charge in [-0.1, -0.05) is 38.1 Å². The fourth-order valence-electron chi connectivity index (χ4n) is 2.75. The number of halogens is 1. The van der Waals surface area contributed by atoms with Gasteiger partial charge < -0.3 is 9.47 Å². The van der Waals surface area contributed by atoms with Gasteiger partial charge in [-0.3, -0.25) is 4.79 Å². The number of ether oxygens (including phenoxy) is 2. The van der Waals surface area contributed by atoms with Crippen molar-refractivity contribution in [2.24, 2.45) is 5.92 Å². The van der Waals surface area contributed by atoms with E-state index in [1.54, 1.807) is 14.2 Å². The molecule has 4 heteroatoms. The van der Waals surface area contributed by atoms with Gasteiger partial charge in [0.1, 0.15) is 17.1 Å². The standard InChI is InChI=1S/C18H21ClO3/c1-11(2)9-10-14-12-7-5-6-8-13(12)16(21-3)15(18(19)20)17(14)22-4/h5-8,11H,9-10H2,1-4H3. The average molecular weight is 321 g/mol. The lowest BCUT2D eigenvalue weighted by molar-refractivity contribution is 0.107. The minimum Gasteiger partial charge on any atom is -0.495 e. The molecule has 0 atom stereocenters. The molecule has 3 nitrogen and oxygen atoms in total. The zero-order valence-corrected chi connectivity index (χ0v) is 14.2. The van der Waals surface area contributed by atoms with Gasteiger partial charge in [0.15, 0.2) is 0 Å². The van der Waals surface area contributed by atoms with Crippen LogP contribution in [0.3, 0.4) is 0 Å². The fraction of sp³-hybridized carbons (Fsp3) is 0.389. The average Bonchev–Trinajstić information content (AvgIpc) is 2.50. The maximum absolute atomic E-state index is 11.9. The van der Waals surface area contributed by atoms with Crippen LogP contribution in [0, 0.1) is 5.92 Å². The number of benzene rings is 2. The highest BCUT2D eigenvalue weighted by Crippen LogP contribution is 2.42. The molecule has 0 amide bonds. The summed E-state index contributed by atoms with van der Waals surface area (Å²) >= 11 is 5.81. The lowest BCUT2D eigenvalue weighted by Crippen LogP contribution is -2.06. The second-order valence-corrected chi connectivity index (χ2v) is 6.02. The van der Waals surface area contributed by atoms with E-state index >= 15 is 0 Å². The van der Waals surface area contributed by atoms with E-state index in [0.717, 1.165) is 29.2 Å². The van der Waals surface area contributed by atoms with E-state index in [1.807, 2.05) is 24.3 Å². The Balaban J connectivity index is 2.82. The van der Waals surface area contributed by atoms with Crippen LogP contribution in [-0.4, -0.2) is 19.5 Å². The van der Waals surface area contributed by atoms with Gasteiger partial charge in [-0.2, -0.15) is 0 Å². The normalized spacial score (nSPS) is 11.0. The van der Waals surface area contributed by atoms with Crippen LogP contribution in [0.5, 0.6) is 11.5 Å². The number of hydrogen-bond donors (Lipinski definition) is 0. The van der Waals surface area contributed by atoms with E-state index in [9.17, 15) is 4.79 Å². The van der Waals surface area contributed by atoms with Crippen LogP contribution in [0.15, 0.2) is 24.3 Å². The van der Waals surface area contributed by atoms with Crippen LogP contribution in [-0.2, 0) is 6.42 Å². The Hall–Kier alpha value is -1.74. The highest BCUT2D eigenvalue weighted by molar-refractivity contribution is 6.68. The number of carbonyl (C=O) groups is 1. The van der Waals surface area contributed by atoms with Crippen molar-refractivity contribution in [1.82, 2.24) is 0 Å². The quantitative estimate of drug-likeness (QED) is 0.715. The summed E-state index contributed by atoms with van der Waals surface area (Å²) in [7, 11) is 3.10. The molecule has 0 N–H and O–H groups in total. The Morgan fingerprint density at radius 2 is 1.68 bits per heavy atom. The highest BCUT2D eigenvalue weighted by Gasteiger charge is 2.24. The van der Waals surface area contributed by atoms with E-state index in [0.29, 0.717) is 23.0 Å². The van der Waals surface area contributed by atoms with Crippen molar-refractivity contribution in [3.05, 3.63) is 35.4 Å². The van der Waals surface area contributed by atoms with Gasteiger partial charge in [0, 0.05) is 10.9 Å². The van der Waals surface area contributed by atoms with Gasteiger partial charge >= 0.3 is 0 Å². The Morgan fingerprint density at radius 3 is 2.18 bits per heavy atom. The number of carbonyl (C=O) groups excluding carboxylic acids is 1. The summed E-state index contributed by atoms with van der Waals surface area (Å²) in [5.41, 5.74) is 1.32. The molecule has 0 bridgehead atoms. The predicted octanol–water partition coefficient (Wildman–Crippen LogP) is 4.82. The first-order chi connectivity index (χ1) is 10.5. The number of methoxy groups -OCH3 is 2. The van der Waals surface area contributed by atoms with Crippen molar-refractivity contribution in [2.45, 2.75) is 26.7 Å². The van der Waals surface area contributed by atoms with Crippen LogP contribution >= 0.6 is 11.6 Å². The van der Waals surface area contributed by atoms with Crippen LogP contribution < -0.4 is 9.47 Å². The van der Waals surface area contributed by atoms with Gasteiger partial charge in [-0.15, -0.1) is 0 Å². The summed E-state index contributed by atoms with van der Waals surface area (Å²) < 4.78 is 11.0. The zero-order chi connectivity index (χ0) is 16.3. The summed E-state index contributed by atoms with van der Waals surface area (Å²) in [5.74, 6) is 1.55. The molecule has 118 valence electrons. The molecule has 0 fully saturated rings. The first-order valence-corrected chi connectivity index (χ1v) is 7.74. The maximum Gasteiger partial charge on any atom is 0.259 e. The molecule has 2 rings (SSSR count). The predicted molar refractivity (Wildman–Crippen MR) is 90.4 cm³/mol. The summed E-state index contributed by atoms with van der Waals surface area (Å²) in [6, 6.07) is 7.86. The Morgan fingerprint density at radius 1 is 1.09 bits per heavy atom. The molecule has 0 unspecified atom stereocenters. The Labute approximate surface area is 136 Å². The van der Waals surface area contributed by atoms with Gasteiger partial charge in [0.05, 0.1) is 14.2 Å². The lowest BCUT2D eigenvalue weighted by atomic mass is 9.93. The molecule has 0 aliphatic carbocycles. The van der Waals surface area contributed by atoms with Crippen LogP contribution in [0.25, 0.3) is 10.8 Å². The topological polar surface area (TPSA) is 35.5 Å². The Bertz CT molecular complexity index is 692. The largest absolute Gasteiger partial charge is 0.495 e. The smallest absolute Gasteiger partial charge is 0.259 e. The second-order valence-electron chi connectivity index (χ2n) is 5.67. The molecular formula is C18H21ClO3.